The van der Waals surface area contributed by atoms with Gasteiger partial charge < -0.3 is 5.73 Å². The molecule has 0 atom stereocenters. The van der Waals surface area contributed by atoms with Crippen LogP contribution in [0.1, 0.15) is 22.6 Å². The van der Waals surface area contributed by atoms with Crippen molar-refractivity contribution in [3.8, 4) is 5.82 Å². The van der Waals surface area contributed by atoms with Crippen LogP contribution in [0.5, 0.6) is 0 Å². The van der Waals surface area contributed by atoms with Crippen molar-refractivity contribution in [1.29, 1.82) is 0 Å². The normalized spacial score (nSPS) is 10.8. The molecule has 16 heavy (non-hydrogen) atoms. The van der Waals surface area contributed by atoms with Gasteiger partial charge in [-0.1, -0.05) is 0 Å². The van der Waals surface area contributed by atoms with E-state index < -0.39 is 0 Å². The fraction of sp³-hybridized carbons (Fsp3) is 0.364. The van der Waals surface area contributed by atoms with Crippen LogP contribution in [0.4, 0.5) is 0 Å². The van der Waals surface area contributed by atoms with Gasteiger partial charge in [0.1, 0.15) is 6.33 Å². The van der Waals surface area contributed by atoms with Gasteiger partial charge in [0.05, 0.1) is 5.69 Å². The molecule has 0 aliphatic rings. The van der Waals surface area contributed by atoms with Crippen molar-refractivity contribution in [2.24, 2.45) is 5.73 Å². The molecule has 2 aromatic heterocycles. The van der Waals surface area contributed by atoms with Crippen molar-refractivity contribution in [2.45, 2.75) is 27.3 Å². The molecular formula is C11H15N5. The summed E-state index contributed by atoms with van der Waals surface area (Å²) in [6.45, 7) is 6.39. The second-order valence-corrected chi connectivity index (χ2v) is 3.78. The second kappa shape index (κ2) is 4.02. The summed E-state index contributed by atoms with van der Waals surface area (Å²) < 4.78 is 1.81. The molecule has 2 heterocycles. The number of rotatable bonds is 2. The third kappa shape index (κ3) is 1.69. The summed E-state index contributed by atoms with van der Waals surface area (Å²) in [5.74, 6) is 0.785. The molecule has 0 aliphatic heterocycles. The van der Waals surface area contributed by atoms with E-state index in [2.05, 4.69) is 15.1 Å². The van der Waals surface area contributed by atoms with Crippen LogP contribution in [-0.2, 0) is 6.54 Å². The van der Waals surface area contributed by atoms with E-state index in [1.807, 2.05) is 31.5 Å². The number of nitrogens with two attached hydrogens (primary N) is 1. The van der Waals surface area contributed by atoms with E-state index >= 15 is 0 Å². The highest BCUT2D eigenvalue weighted by Gasteiger charge is 2.11. The van der Waals surface area contributed by atoms with Gasteiger partial charge >= 0.3 is 0 Å². The molecule has 2 rings (SSSR count). The third-order valence-corrected chi connectivity index (χ3v) is 2.65. The van der Waals surface area contributed by atoms with Gasteiger partial charge in [-0.2, -0.15) is 5.10 Å². The molecule has 5 heteroatoms. The Hall–Kier alpha value is -1.75. The fourth-order valence-electron chi connectivity index (χ4n) is 1.75. The average molecular weight is 217 g/mol. The van der Waals surface area contributed by atoms with E-state index in [4.69, 9.17) is 5.73 Å². The van der Waals surface area contributed by atoms with E-state index in [1.54, 1.807) is 6.33 Å². The first-order chi connectivity index (χ1) is 7.63. The van der Waals surface area contributed by atoms with Gasteiger partial charge in [-0.05, 0) is 20.8 Å². The lowest BCUT2D eigenvalue weighted by molar-refractivity contribution is 0.796. The number of aryl methyl sites for hydroxylation is 2. The maximum atomic E-state index is 5.69. The Balaban J connectivity index is 2.56. The number of nitrogens with zero attached hydrogens (tertiary/aromatic N) is 4. The van der Waals surface area contributed by atoms with Crippen LogP contribution in [0.2, 0.25) is 0 Å². The molecule has 0 aliphatic carbocycles. The first kappa shape index (κ1) is 10.8. The number of hydrogen-bond donors (Lipinski definition) is 1. The molecule has 0 unspecified atom stereocenters. The molecule has 0 fully saturated rings. The van der Waals surface area contributed by atoms with Crippen LogP contribution in [-0.4, -0.2) is 19.7 Å². The summed E-state index contributed by atoms with van der Waals surface area (Å²) in [5.41, 5.74) is 9.68. The summed E-state index contributed by atoms with van der Waals surface area (Å²) in [7, 11) is 0. The van der Waals surface area contributed by atoms with Crippen molar-refractivity contribution < 1.29 is 0 Å². The summed E-state index contributed by atoms with van der Waals surface area (Å²) in [6, 6.07) is 1.90. The molecule has 0 aromatic carbocycles. The van der Waals surface area contributed by atoms with E-state index in [0.717, 1.165) is 28.5 Å². The molecule has 2 N–H and O–H groups in total. The smallest absolute Gasteiger partial charge is 0.157 e. The second-order valence-electron chi connectivity index (χ2n) is 3.78. The van der Waals surface area contributed by atoms with E-state index in [-0.39, 0.29) is 0 Å². The molecule has 5 nitrogen and oxygen atoms in total. The van der Waals surface area contributed by atoms with Crippen LogP contribution in [0.3, 0.4) is 0 Å². The highest BCUT2D eigenvalue weighted by Crippen LogP contribution is 2.15. The van der Waals surface area contributed by atoms with Crippen molar-refractivity contribution in [3.05, 3.63) is 35.0 Å². The van der Waals surface area contributed by atoms with Crippen LogP contribution < -0.4 is 5.73 Å². The molecule has 2 aromatic rings. The maximum absolute atomic E-state index is 5.69. The Labute approximate surface area is 94.3 Å². The Morgan fingerprint density at radius 3 is 2.56 bits per heavy atom. The fourth-order valence-corrected chi connectivity index (χ4v) is 1.75. The van der Waals surface area contributed by atoms with Gasteiger partial charge in [0.2, 0.25) is 0 Å². The molecule has 84 valence electrons. The van der Waals surface area contributed by atoms with Crippen molar-refractivity contribution in [3.63, 3.8) is 0 Å². The lowest BCUT2D eigenvalue weighted by atomic mass is 10.2. The zero-order valence-electron chi connectivity index (χ0n) is 9.73. The van der Waals surface area contributed by atoms with Crippen LogP contribution >= 0.6 is 0 Å². The first-order valence-corrected chi connectivity index (χ1v) is 5.17. The van der Waals surface area contributed by atoms with Gasteiger partial charge in [-0.3, -0.25) is 0 Å². The summed E-state index contributed by atoms with van der Waals surface area (Å²) >= 11 is 0. The standard InChI is InChI=1S/C11H15N5/c1-7-4-11(14-6-13-7)16-9(3)10(5-12)8(2)15-16/h4,6H,5,12H2,1-3H3. The van der Waals surface area contributed by atoms with Gasteiger partial charge in [0.25, 0.3) is 0 Å². The van der Waals surface area contributed by atoms with Crippen molar-refractivity contribution in [1.82, 2.24) is 19.7 Å². The molecule has 0 saturated carbocycles. The van der Waals surface area contributed by atoms with Crippen LogP contribution in [0, 0.1) is 20.8 Å². The predicted molar refractivity (Wildman–Crippen MR) is 61.3 cm³/mol. The zero-order chi connectivity index (χ0) is 11.7. The summed E-state index contributed by atoms with van der Waals surface area (Å²) in [6.07, 6.45) is 1.54. The first-order valence-electron chi connectivity index (χ1n) is 5.17. The van der Waals surface area contributed by atoms with E-state index in [1.165, 1.54) is 0 Å². The summed E-state index contributed by atoms with van der Waals surface area (Å²) in [5, 5.41) is 4.44. The van der Waals surface area contributed by atoms with Gasteiger partial charge in [0, 0.05) is 29.6 Å². The minimum Gasteiger partial charge on any atom is -0.326 e. The minimum absolute atomic E-state index is 0.502. The highest BCUT2D eigenvalue weighted by atomic mass is 15.3. The predicted octanol–water partition coefficient (Wildman–Crippen LogP) is 1.05. The Morgan fingerprint density at radius 1 is 1.25 bits per heavy atom. The Kier molecular flexibility index (Phi) is 2.70. The van der Waals surface area contributed by atoms with Crippen molar-refractivity contribution >= 4 is 0 Å². The summed E-state index contributed by atoms with van der Waals surface area (Å²) in [4.78, 5) is 8.28. The largest absolute Gasteiger partial charge is 0.326 e. The monoisotopic (exact) mass is 217 g/mol. The van der Waals surface area contributed by atoms with Gasteiger partial charge in [-0.15, -0.1) is 0 Å². The number of hydrogen-bond acceptors (Lipinski definition) is 4. The molecular weight excluding hydrogens is 202 g/mol. The molecule has 0 radical (unpaired) electrons. The van der Waals surface area contributed by atoms with Gasteiger partial charge in [0.15, 0.2) is 5.82 Å². The van der Waals surface area contributed by atoms with Gasteiger partial charge in [-0.25, -0.2) is 14.6 Å². The highest BCUT2D eigenvalue weighted by molar-refractivity contribution is 5.32. The lowest BCUT2D eigenvalue weighted by Gasteiger charge is -2.03. The lowest BCUT2D eigenvalue weighted by Crippen LogP contribution is -2.04. The Morgan fingerprint density at radius 2 is 2.00 bits per heavy atom. The SMILES string of the molecule is Cc1cc(-n2nc(C)c(CN)c2C)ncn1. The van der Waals surface area contributed by atoms with Crippen LogP contribution in [0.25, 0.3) is 5.82 Å². The average Bonchev–Trinajstić information content (AvgIpc) is 2.54. The third-order valence-electron chi connectivity index (χ3n) is 2.65. The van der Waals surface area contributed by atoms with Crippen molar-refractivity contribution in [2.75, 3.05) is 0 Å². The topological polar surface area (TPSA) is 69.6 Å². The van der Waals surface area contributed by atoms with E-state index in [0.29, 0.717) is 6.54 Å². The minimum atomic E-state index is 0.502. The number of aromatic nitrogens is 4. The Bertz CT molecular complexity index is 515. The van der Waals surface area contributed by atoms with Crippen LogP contribution in [0.15, 0.2) is 12.4 Å². The zero-order valence-corrected chi connectivity index (χ0v) is 9.73. The molecule has 0 bridgehead atoms. The maximum Gasteiger partial charge on any atom is 0.157 e. The molecule has 0 saturated heterocycles. The quantitative estimate of drug-likeness (QED) is 0.816. The molecule has 0 amide bonds. The molecule has 0 spiro atoms. The van der Waals surface area contributed by atoms with E-state index in [9.17, 15) is 0 Å².